The molecule has 0 saturated carbocycles. The maximum Gasteiger partial charge on any atom is 0.246 e. The fourth-order valence-corrected chi connectivity index (χ4v) is 10.4. The van der Waals surface area contributed by atoms with Crippen LogP contribution in [0.15, 0.2) is 77.3 Å². The molecule has 4 aromatic rings. The van der Waals surface area contributed by atoms with Crippen molar-refractivity contribution in [3.05, 3.63) is 118 Å². The molecule has 16 nitrogen and oxygen atoms in total. The molecule has 0 bridgehead atoms. The summed E-state index contributed by atoms with van der Waals surface area (Å²) in [4.78, 5) is 81.1. The van der Waals surface area contributed by atoms with Gasteiger partial charge in [0.05, 0.1) is 24.2 Å². The van der Waals surface area contributed by atoms with Gasteiger partial charge in [-0.15, -0.1) is 0 Å². The molecule has 1 saturated heterocycles. The van der Waals surface area contributed by atoms with Gasteiger partial charge in [0.1, 0.15) is 18.1 Å². The highest BCUT2D eigenvalue weighted by Crippen LogP contribution is 2.38. The average Bonchev–Trinajstić information content (AvgIpc) is 4.01. The zero-order valence-corrected chi connectivity index (χ0v) is 44.2. The number of amides is 5. The summed E-state index contributed by atoms with van der Waals surface area (Å²) in [5.41, 5.74) is 4.83. The second-order valence-corrected chi connectivity index (χ2v) is 22.4. The van der Waals surface area contributed by atoms with E-state index in [-0.39, 0.29) is 67.0 Å². The molecule has 3 aromatic carbocycles. The third-order valence-electron chi connectivity index (χ3n) is 14.9. The van der Waals surface area contributed by atoms with Crippen molar-refractivity contribution in [2.45, 2.75) is 162 Å². The molecule has 16 heteroatoms. The summed E-state index contributed by atoms with van der Waals surface area (Å²) in [6, 6.07) is 19.6. The number of fused-ring (bicyclic) bond motifs is 2. The second-order valence-electron chi connectivity index (χ2n) is 22.4. The lowest BCUT2D eigenvalue weighted by molar-refractivity contribution is -0.146. The molecule has 1 fully saturated rings. The van der Waals surface area contributed by atoms with Gasteiger partial charge < -0.3 is 46.2 Å². The second kappa shape index (κ2) is 22.8. The first-order valence-electron chi connectivity index (χ1n) is 25.8. The number of carbonyl (C=O) groups excluding carboxylic acids is 5. The Morgan fingerprint density at radius 1 is 0.778 bits per heavy atom. The van der Waals surface area contributed by atoms with Crippen LogP contribution in [0.3, 0.4) is 0 Å². The summed E-state index contributed by atoms with van der Waals surface area (Å²) >= 11 is 0. The Labute approximate surface area is 426 Å². The van der Waals surface area contributed by atoms with Crippen molar-refractivity contribution in [1.29, 1.82) is 0 Å². The average molecular weight is 987 g/mol. The number of rotatable bonds is 17. The highest BCUT2D eigenvalue weighted by Gasteiger charge is 2.47. The minimum Gasteiger partial charge on any atom is -0.347 e. The molecule has 388 valence electrons. The van der Waals surface area contributed by atoms with Gasteiger partial charge in [0.25, 0.3) is 0 Å². The summed E-state index contributed by atoms with van der Waals surface area (Å²) in [5, 5.41) is 23.6. The van der Waals surface area contributed by atoms with Crippen molar-refractivity contribution in [3.8, 4) is 0 Å². The molecule has 1 aliphatic carbocycles. The summed E-state index contributed by atoms with van der Waals surface area (Å²) in [6.45, 7) is 18.2. The largest absolute Gasteiger partial charge is 0.347 e. The van der Waals surface area contributed by atoms with Gasteiger partial charge in [0.2, 0.25) is 35.4 Å². The van der Waals surface area contributed by atoms with Crippen molar-refractivity contribution >= 4 is 29.5 Å². The van der Waals surface area contributed by atoms with E-state index >= 15 is 9.59 Å². The number of aryl methyl sites for hydroxylation is 2. The lowest BCUT2D eigenvalue weighted by Gasteiger charge is -2.41. The molecule has 1 aromatic heterocycles. The van der Waals surface area contributed by atoms with Gasteiger partial charge in [-0.3, -0.25) is 24.0 Å². The lowest BCUT2D eigenvalue weighted by atomic mass is 9.83. The number of nitrogens with one attached hydrogen (secondary N) is 6. The molecule has 0 radical (unpaired) electrons. The smallest absolute Gasteiger partial charge is 0.246 e. The number of carbonyl (C=O) groups is 5. The molecule has 0 spiro atoms. The Bertz CT molecular complexity index is 2550. The zero-order valence-electron chi connectivity index (χ0n) is 44.2. The molecule has 6 N–H and O–H groups in total. The Morgan fingerprint density at radius 3 is 2.14 bits per heavy atom. The van der Waals surface area contributed by atoms with Crippen molar-refractivity contribution in [2.75, 3.05) is 27.2 Å². The first-order chi connectivity index (χ1) is 34.2. The molecule has 9 unspecified atom stereocenters. The maximum atomic E-state index is 15.2. The normalized spacial score (nSPS) is 21.1. The monoisotopic (exact) mass is 987 g/mol. The number of likely N-dealkylation sites (N-methyl/N-ethyl adjacent to an activating group) is 2. The Hall–Kier alpha value is -5.97. The van der Waals surface area contributed by atoms with Crippen molar-refractivity contribution < 1.29 is 28.5 Å². The number of nitrogens with zero attached hydrogens (tertiary/aromatic N) is 4. The van der Waals surface area contributed by atoms with E-state index < -0.39 is 47.1 Å². The standard InChI is InChI=1S/C56H78N10O6/c1-33(57-10)30-59-47(55(4,5)6)53(70)65-31-40-27-38(24-25-39(40)28-45(65)52(69)62-44(49-60-35(3)72-64-49)26-36-18-13-12-14-19-36)41-29-46(51(68)61-43-23-17-21-37-20-15-16-22-42(37)43)66(32-41)54(71)48(56(7,8)9)63-50(67)34(2)58-11/h12-16,18-20,22,24-25,27,33-34,41,43-48,57-59H,17,21,23,26,28-32H2,1-11H3,(H,61,68)(H,62,69)(H,63,67). The van der Waals surface area contributed by atoms with Gasteiger partial charge in [0.15, 0.2) is 5.82 Å². The van der Waals surface area contributed by atoms with Gasteiger partial charge in [-0.1, -0.05) is 119 Å². The summed E-state index contributed by atoms with van der Waals surface area (Å²) in [5.74, 6) is -0.905. The van der Waals surface area contributed by atoms with Crippen LogP contribution in [-0.2, 0) is 49.8 Å². The Balaban J connectivity index is 1.22. The van der Waals surface area contributed by atoms with Crippen LogP contribution in [0.1, 0.15) is 138 Å². The van der Waals surface area contributed by atoms with Crippen LogP contribution in [-0.4, -0.2) is 113 Å². The van der Waals surface area contributed by atoms with Crippen LogP contribution in [0, 0.1) is 17.8 Å². The van der Waals surface area contributed by atoms with Gasteiger partial charge in [-0.05, 0) is 97.8 Å². The lowest BCUT2D eigenvalue weighted by Crippen LogP contribution is -2.61. The Morgan fingerprint density at radius 2 is 1.47 bits per heavy atom. The number of benzene rings is 3. The SMILES string of the molecule is CNC(C)CNC(C(=O)N1Cc2cc(C3CC(C(=O)NC4CCCc5ccccc54)N(C(=O)C(NC(=O)C(C)NC)C(C)(C)C)C3)ccc2CC1C(=O)NC(Cc1ccccc1)c1noc(C)n1)C(C)(C)C. The summed E-state index contributed by atoms with van der Waals surface area (Å²) < 4.78 is 5.38. The van der Waals surface area contributed by atoms with E-state index in [1.165, 1.54) is 5.56 Å². The Kier molecular flexibility index (Phi) is 17.1. The molecule has 7 rings (SSSR count). The topological polar surface area (TPSA) is 203 Å². The molecular formula is C56H78N10O6. The number of hydrogen-bond donors (Lipinski definition) is 6. The predicted octanol–water partition coefficient (Wildman–Crippen LogP) is 5.36. The first-order valence-corrected chi connectivity index (χ1v) is 25.8. The third-order valence-corrected chi connectivity index (χ3v) is 14.9. The van der Waals surface area contributed by atoms with E-state index in [0.717, 1.165) is 47.1 Å². The quantitative estimate of drug-likeness (QED) is 0.0796. The van der Waals surface area contributed by atoms with Crippen molar-refractivity contribution in [2.24, 2.45) is 10.8 Å². The zero-order chi connectivity index (χ0) is 52.1. The van der Waals surface area contributed by atoms with Crippen LogP contribution in [0.25, 0.3) is 0 Å². The van der Waals surface area contributed by atoms with Crippen LogP contribution in [0.4, 0.5) is 0 Å². The van der Waals surface area contributed by atoms with E-state index in [2.05, 4.69) is 60.2 Å². The number of hydrogen-bond acceptors (Lipinski definition) is 11. The molecule has 72 heavy (non-hydrogen) atoms. The van der Waals surface area contributed by atoms with Gasteiger partial charge in [-0.2, -0.15) is 4.98 Å². The van der Waals surface area contributed by atoms with Gasteiger partial charge in [0, 0.05) is 51.4 Å². The highest BCUT2D eigenvalue weighted by molar-refractivity contribution is 5.94. The van der Waals surface area contributed by atoms with Gasteiger partial charge in [-0.25, -0.2) is 0 Å². The maximum absolute atomic E-state index is 15.2. The number of aromatic nitrogens is 2. The fourth-order valence-electron chi connectivity index (χ4n) is 10.4. The molecule has 2 aliphatic heterocycles. The molecule has 5 amide bonds. The third kappa shape index (κ3) is 12.6. The number of likely N-dealkylation sites (tertiary alicyclic amines) is 1. The molecule has 3 heterocycles. The molecule has 9 atom stereocenters. The fraction of sp³-hybridized carbons (Fsp3) is 0.554. The van der Waals surface area contributed by atoms with E-state index in [9.17, 15) is 14.4 Å². The minimum absolute atomic E-state index is 0.0812. The van der Waals surface area contributed by atoms with E-state index in [1.807, 2.05) is 110 Å². The van der Waals surface area contributed by atoms with E-state index in [0.29, 0.717) is 31.1 Å². The van der Waals surface area contributed by atoms with Crippen molar-refractivity contribution in [3.63, 3.8) is 0 Å². The van der Waals surface area contributed by atoms with Crippen LogP contribution in [0.2, 0.25) is 0 Å². The molecule has 3 aliphatic rings. The van der Waals surface area contributed by atoms with E-state index in [1.54, 1.807) is 30.7 Å². The van der Waals surface area contributed by atoms with Gasteiger partial charge >= 0.3 is 0 Å². The highest BCUT2D eigenvalue weighted by atomic mass is 16.5. The van der Waals surface area contributed by atoms with Crippen LogP contribution < -0.4 is 31.9 Å². The minimum atomic E-state index is -0.909. The predicted molar refractivity (Wildman–Crippen MR) is 277 cm³/mol. The van der Waals surface area contributed by atoms with Crippen LogP contribution in [0.5, 0.6) is 0 Å². The molecular weight excluding hydrogens is 909 g/mol. The summed E-state index contributed by atoms with van der Waals surface area (Å²) in [6.07, 6.45) is 3.69. The first kappa shape index (κ1) is 53.8. The van der Waals surface area contributed by atoms with Crippen LogP contribution >= 0.6 is 0 Å². The summed E-state index contributed by atoms with van der Waals surface area (Å²) in [7, 11) is 3.58. The van der Waals surface area contributed by atoms with E-state index in [4.69, 9.17) is 4.52 Å². The van der Waals surface area contributed by atoms with Crippen molar-refractivity contribution in [1.82, 2.24) is 51.8 Å².